The Morgan fingerprint density at radius 1 is 1.41 bits per heavy atom. The zero-order valence-electron chi connectivity index (χ0n) is 8.82. The number of nitrogens with two attached hydrogens (primary N) is 1. The zero-order valence-corrected chi connectivity index (χ0v) is 11.1. The highest BCUT2D eigenvalue weighted by Gasteiger charge is 2.30. The number of fused-ring (bicyclic) bond motifs is 1. The fourth-order valence-electron chi connectivity index (χ4n) is 2.11. The molecule has 0 heterocycles. The van der Waals surface area contributed by atoms with Gasteiger partial charge in [0.15, 0.2) is 0 Å². The average Bonchev–Trinajstić information content (AvgIpc) is 2.23. The minimum atomic E-state index is -0.836. The van der Waals surface area contributed by atoms with Gasteiger partial charge in [-0.1, -0.05) is 29.3 Å². The molecule has 0 aliphatic heterocycles. The lowest BCUT2D eigenvalue weighted by atomic mass is 9.81. The number of hydrogen-bond acceptors (Lipinski definition) is 2. The molecule has 1 aromatic rings. The van der Waals surface area contributed by atoms with Crippen LogP contribution in [-0.2, 0) is 11.2 Å². The third-order valence-electron chi connectivity index (χ3n) is 2.97. The Morgan fingerprint density at radius 2 is 2.06 bits per heavy atom. The Morgan fingerprint density at radius 3 is 2.65 bits per heavy atom. The second kappa shape index (κ2) is 5.44. The number of carbonyl (C=O) groups is 1. The molecule has 3 N–H and O–H groups in total. The Bertz CT molecular complexity index is 451. The summed E-state index contributed by atoms with van der Waals surface area (Å²) in [5, 5.41) is 9.88. The molecule has 3 nitrogen and oxygen atoms in total. The van der Waals surface area contributed by atoms with Crippen molar-refractivity contribution in [3.63, 3.8) is 0 Å². The molecule has 0 unspecified atom stereocenters. The van der Waals surface area contributed by atoms with E-state index in [0.717, 1.165) is 11.1 Å². The molecule has 0 radical (unpaired) electrons. The highest BCUT2D eigenvalue weighted by molar-refractivity contribution is 6.42. The first-order chi connectivity index (χ1) is 7.50. The van der Waals surface area contributed by atoms with E-state index in [1.807, 2.05) is 6.07 Å². The second-order valence-electron chi connectivity index (χ2n) is 4.01. The predicted octanol–water partition coefficient (Wildman–Crippen LogP) is 3.06. The van der Waals surface area contributed by atoms with E-state index < -0.39 is 11.9 Å². The minimum Gasteiger partial charge on any atom is -0.481 e. The van der Waals surface area contributed by atoms with Gasteiger partial charge in [-0.3, -0.25) is 4.79 Å². The molecular formula is C11H12Cl3NO2. The molecule has 1 aromatic carbocycles. The molecule has 1 aliphatic carbocycles. The molecular weight excluding hydrogens is 284 g/mol. The van der Waals surface area contributed by atoms with Gasteiger partial charge in [0.1, 0.15) is 0 Å². The Hall–Kier alpha value is -0.480. The van der Waals surface area contributed by atoms with Gasteiger partial charge in [0.2, 0.25) is 0 Å². The maximum Gasteiger partial charge on any atom is 0.306 e. The van der Waals surface area contributed by atoms with Gasteiger partial charge in [0.25, 0.3) is 0 Å². The van der Waals surface area contributed by atoms with Crippen molar-refractivity contribution in [3.05, 3.63) is 33.3 Å². The van der Waals surface area contributed by atoms with Crippen LogP contribution in [0.5, 0.6) is 0 Å². The van der Waals surface area contributed by atoms with Crippen LogP contribution in [0.4, 0.5) is 0 Å². The largest absolute Gasteiger partial charge is 0.481 e. The molecule has 6 heteroatoms. The minimum absolute atomic E-state index is 0. The number of halogens is 3. The summed E-state index contributed by atoms with van der Waals surface area (Å²) in [5.74, 6) is -1.31. The molecule has 0 spiro atoms. The van der Waals surface area contributed by atoms with Crippen molar-refractivity contribution in [3.8, 4) is 0 Å². The Kier molecular flexibility index (Phi) is 4.67. The van der Waals surface area contributed by atoms with E-state index in [2.05, 4.69) is 0 Å². The standard InChI is InChI=1S/C11H11Cl2NO2.ClH/c12-8-2-1-6-7(10(8)13)3-5(11(15)16)4-9(6)14;/h1-2,5,9H,3-4,14H2,(H,15,16);1H/t5-,9-;/m0./s1. The number of carboxylic acid groups (broad SMARTS) is 1. The maximum atomic E-state index is 11.0. The lowest BCUT2D eigenvalue weighted by molar-refractivity contribution is -0.142. The van der Waals surface area contributed by atoms with E-state index in [1.54, 1.807) is 6.07 Å². The zero-order chi connectivity index (χ0) is 11.9. The van der Waals surface area contributed by atoms with Gasteiger partial charge in [-0.05, 0) is 30.0 Å². The number of aliphatic carboxylic acids is 1. The molecule has 0 saturated heterocycles. The first-order valence-corrected chi connectivity index (χ1v) is 5.71. The number of carboxylic acids is 1. The molecule has 0 amide bonds. The summed E-state index contributed by atoms with van der Waals surface area (Å²) in [6.45, 7) is 0. The molecule has 0 bridgehead atoms. The molecule has 0 fully saturated rings. The fourth-order valence-corrected chi connectivity index (χ4v) is 2.54. The van der Waals surface area contributed by atoms with Gasteiger partial charge in [0.05, 0.1) is 16.0 Å². The van der Waals surface area contributed by atoms with Crippen LogP contribution >= 0.6 is 35.6 Å². The summed E-state index contributed by atoms with van der Waals surface area (Å²) in [4.78, 5) is 11.0. The van der Waals surface area contributed by atoms with E-state index in [1.165, 1.54) is 0 Å². The molecule has 0 saturated carbocycles. The van der Waals surface area contributed by atoms with Gasteiger partial charge in [0, 0.05) is 6.04 Å². The van der Waals surface area contributed by atoms with Crippen molar-refractivity contribution in [1.82, 2.24) is 0 Å². The second-order valence-corrected chi connectivity index (χ2v) is 4.80. The number of rotatable bonds is 1. The lowest BCUT2D eigenvalue weighted by Gasteiger charge is -2.28. The molecule has 94 valence electrons. The summed E-state index contributed by atoms with van der Waals surface area (Å²) in [6, 6.07) is 3.25. The van der Waals surface area contributed by atoms with Crippen LogP contribution in [0, 0.1) is 5.92 Å². The average molecular weight is 297 g/mol. The van der Waals surface area contributed by atoms with Crippen molar-refractivity contribution < 1.29 is 9.90 Å². The highest BCUT2D eigenvalue weighted by atomic mass is 35.5. The molecule has 2 atom stereocenters. The quantitative estimate of drug-likeness (QED) is 0.837. The van der Waals surface area contributed by atoms with E-state index in [-0.39, 0.29) is 18.4 Å². The summed E-state index contributed by atoms with van der Waals surface area (Å²) in [7, 11) is 0. The van der Waals surface area contributed by atoms with E-state index >= 15 is 0 Å². The van der Waals surface area contributed by atoms with Gasteiger partial charge in [-0.25, -0.2) is 0 Å². The third kappa shape index (κ3) is 2.68. The van der Waals surface area contributed by atoms with Crippen molar-refractivity contribution >= 4 is 41.6 Å². The van der Waals surface area contributed by atoms with E-state index in [9.17, 15) is 4.79 Å². The van der Waals surface area contributed by atoms with Crippen LogP contribution in [0.3, 0.4) is 0 Å². The van der Waals surface area contributed by atoms with E-state index in [0.29, 0.717) is 22.9 Å². The number of benzene rings is 1. The van der Waals surface area contributed by atoms with Crippen LogP contribution in [-0.4, -0.2) is 11.1 Å². The monoisotopic (exact) mass is 295 g/mol. The Labute approximate surface area is 115 Å². The van der Waals surface area contributed by atoms with E-state index in [4.69, 9.17) is 34.0 Å². The van der Waals surface area contributed by atoms with Crippen molar-refractivity contribution in [1.29, 1.82) is 0 Å². The first-order valence-electron chi connectivity index (χ1n) is 4.96. The molecule has 17 heavy (non-hydrogen) atoms. The van der Waals surface area contributed by atoms with Crippen LogP contribution in [0.15, 0.2) is 12.1 Å². The van der Waals surface area contributed by atoms with Gasteiger partial charge < -0.3 is 10.8 Å². The summed E-state index contributed by atoms with van der Waals surface area (Å²) >= 11 is 12.0. The Balaban J connectivity index is 0.00000144. The van der Waals surface area contributed by atoms with Gasteiger partial charge in [-0.15, -0.1) is 12.4 Å². The normalized spacial score (nSPS) is 22.5. The molecule has 1 aliphatic rings. The summed E-state index contributed by atoms with van der Waals surface area (Å²) in [5.41, 5.74) is 7.62. The van der Waals surface area contributed by atoms with Crippen LogP contribution < -0.4 is 5.73 Å². The third-order valence-corrected chi connectivity index (χ3v) is 3.81. The maximum absolute atomic E-state index is 11.0. The van der Waals surface area contributed by atoms with Crippen LogP contribution in [0.1, 0.15) is 23.6 Å². The summed E-state index contributed by atoms with van der Waals surface area (Å²) in [6.07, 6.45) is 0.845. The summed E-state index contributed by atoms with van der Waals surface area (Å²) < 4.78 is 0. The fraction of sp³-hybridized carbons (Fsp3) is 0.364. The van der Waals surface area contributed by atoms with Gasteiger partial charge >= 0.3 is 5.97 Å². The highest BCUT2D eigenvalue weighted by Crippen LogP contribution is 2.38. The van der Waals surface area contributed by atoms with Crippen LogP contribution in [0.25, 0.3) is 0 Å². The van der Waals surface area contributed by atoms with Crippen LogP contribution in [0.2, 0.25) is 10.0 Å². The van der Waals surface area contributed by atoms with Gasteiger partial charge in [-0.2, -0.15) is 0 Å². The predicted molar refractivity (Wildman–Crippen MR) is 70.1 cm³/mol. The molecule has 0 aromatic heterocycles. The van der Waals surface area contributed by atoms with Crippen molar-refractivity contribution in [2.45, 2.75) is 18.9 Å². The van der Waals surface area contributed by atoms with Crippen molar-refractivity contribution in [2.24, 2.45) is 11.7 Å². The topological polar surface area (TPSA) is 63.3 Å². The first kappa shape index (κ1) is 14.6. The number of hydrogen-bond donors (Lipinski definition) is 2. The molecule has 2 rings (SSSR count). The smallest absolute Gasteiger partial charge is 0.306 e. The van der Waals surface area contributed by atoms with Crippen molar-refractivity contribution in [2.75, 3.05) is 0 Å². The SMILES string of the molecule is Cl.N[C@H]1C[C@@H](C(=O)O)Cc2c1ccc(Cl)c2Cl. The lowest BCUT2D eigenvalue weighted by Crippen LogP contribution is -2.29.